The molecule has 3 aromatic carbocycles. The first kappa shape index (κ1) is 21.9. The van der Waals surface area contributed by atoms with Crippen LogP contribution >= 0.6 is 11.3 Å². The fourth-order valence-corrected chi connectivity index (χ4v) is 4.85. The summed E-state index contributed by atoms with van der Waals surface area (Å²) in [4.78, 5) is 30.9. The van der Waals surface area contributed by atoms with Crippen molar-refractivity contribution in [3.8, 4) is 17.0 Å². The summed E-state index contributed by atoms with van der Waals surface area (Å²) in [5, 5.41) is 12.4. The minimum Gasteiger partial charge on any atom is -0.479 e. The third kappa shape index (κ3) is 4.43. The van der Waals surface area contributed by atoms with E-state index in [4.69, 9.17) is 9.72 Å². The van der Waals surface area contributed by atoms with Crippen LogP contribution in [0.4, 0.5) is 5.69 Å². The number of aromatic nitrogens is 1. The van der Waals surface area contributed by atoms with E-state index in [0.29, 0.717) is 11.4 Å². The molecule has 0 fully saturated rings. The van der Waals surface area contributed by atoms with Crippen molar-refractivity contribution < 1.29 is 19.4 Å². The SMILES string of the molecule is CC1Oc2ccc(-c3csc(Cc4ccccc4)n3)cc2N(Cc2cccc(C(=O)O)c2)C1=O. The molecule has 1 N–H and O–H groups in total. The number of amides is 1. The van der Waals surface area contributed by atoms with E-state index in [9.17, 15) is 14.7 Å². The van der Waals surface area contributed by atoms with Crippen LogP contribution in [0.3, 0.4) is 0 Å². The first-order valence-corrected chi connectivity index (χ1v) is 11.8. The second kappa shape index (κ2) is 9.11. The number of anilines is 1. The number of carbonyl (C=O) groups is 2. The van der Waals surface area contributed by atoms with E-state index in [-0.39, 0.29) is 18.0 Å². The molecule has 0 bridgehead atoms. The molecular formula is C27H22N2O4S. The number of carboxylic acids is 1. The summed E-state index contributed by atoms with van der Waals surface area (Å²) in [6.07, 6.45) is 0.138. The van der Waals surface area contributed by atoms with E-state index in [1.807, 2.05) is 47.8 Å². The Hall–Kier alpha value is -3.97. The number of hydrogen-bond donors (Lipinski definition) is 1. The molecule has 1 aliphatic heterocycles. The second-order valence-corrected chi connectivity index (χ2v) is 9.10. The van der Waals surface area contributed by atoms with Crippen molar-refractivity contribution in [3.05, 3.63) is 99.9 Å². The van der Waals surface area contributed by atoms with Gasteiger partial charge in [-0.05, 0) is 48.4 Å². The van der Waals surface area contributed by atoms with E-state index >= 15 is 0 Å². The van der Waals surface area contributed by atoms with Crippen LogP contribution in [0, 0.1) is 0 Å². The maximum atomic E-state index is 13.0. The Bertz CT molecular complexity index is 1370. The average Bonchev–Trinajstić information content (AvgIpc) is 3.31. The van der Waals surface area contributed by atoms with Crippen molar-refractivity contribution in [2.24, 2.45) is 0 Å². The maximum absolute atomic E-state index is 13.0. The predicted molar refractivity (Wildman–Crippen MR) is 131 cm³/mol. The number of carboxylic acid groups (broad SMARTS) is 1. The third-order valence-corrected chi connectivity index (χ3v) is 6.58. The zero-order valence-electron chi connectivity index (χ0n) is 18.5. The Morgan fingerprint density at radius 3 is 2.65 bits per heavy atom. The molecule has 1 amide bonds. The topological polar surface area (TPSA) is 79.7 Å². The number of nitrogens with zero attached hydrogens (tertiary/aromatic N) is 2. The predicted octanol–water partition coefficient (Wildman–Crippen LogP) is 5.41. The summed E-state index contributed by atoms with van der Waals surface area (Å²) in [5.41, 5.74) is 4.52. The molecule has 170 valence electrons. The van der Waals surface area contributed by atoms with Crippen LogP contribution in [0.15, 0.2) is 78.2 Å². The van der Waals surface area contributed by atoms with E-state index in [1.165, 1.54) is 11.6 Å². The summed E-state index contributed by atoms with van der Waals surface area (Å²) in [7, 11) is 0. The van der Waals surface area contributed by atoms with E-state index < -0.39 is 12.1 Å². The highest BCUT2D eigenvalue weighted by molar-refractivity contribution is 7.10. The number of thiazole rings is 1. The molecule has 1 aliphatic rings. The van der Waals surface area contributed by atoms with Gasteiger partial charge in [0.05, 0.1) is 28.5 Å². The lowest BCUT2D eigenvalue weighted by molar-refractivity contribution is -0.125. The molecule has 0 aliphatic carbocycles. The lowest BCUT2D eigenvalue weighted by Gasteiger charge is -2.33. The highest BCUT2D eigenvalue weighted by Gasteiger charge is 2.32. The van der Waals surface area contributed by atoms with Crippen molar-refractivity contribution in [1.82, 2.24) is 4.98 Å². The molecule has 5 rings (SSSR count). The van der Waals surface area contributed by atoms with E-state index in [2.05, 4.69) is 12.1 Å². The summed E-state index contributed by atoms with van der Waals surface area (Å²) in [6.45, 7) is 1.97. The lowest BCUT2D eigenvalue weighted by Crippen LogP contribution is -2.44. The van der Waals surface area contributed by atoms with Gasteiger partial charge in [0.2, 0.25) is 0 Å². The molecule has 7 heteroatoms. The molecule has 4 aromatic rings. The molecule has 0 spiro atoms. The molecule has 6 nitrogen and oxygen atoms in total. The summed E-state index contributed by atoms with van der Waals surface area (Å²) in [5.74, 6) is -0.556. The molecule has 1 aromatic heterocycles. The Morgan fingerprint density at radius 1 is 1.06 bits per heavy atom. The highest BCUT2D eigenvalue weighted by atomic mass is 32.1. The Kier molecular flexibility index (Phi) is 5.86. The summed E-state index contributed by atoms with van der Waals surface area (Å²) >= 11 is 1.61. The van der Waals surface area contributed by atoms with Crippen LogP contribution in [0.25, 0.3) is 11.3 Å². The van der Waals surface area contributed by atoms with Gasteiger partial charge in [-0.2, -0.15) is 0 Å². The number of carbonyl (C=O) groups excluding carboxylic acids is 1. The van der Waals surface area contributed by atoms with Gasteiger partial charge < -0.3 is 14.7 Å². The lowest BCUT2D eigenvalue weighted by atomic mass is 10.1. The first-order valence-electron chi connectivity index (χ1n) is 10.9. The molecule has 0 saturated carbocycles. The van der Waals surface area contributed by atoms with Gasteiger partial charge in [-0.3, -0.25) is 4.79 Å². The molecule has 1 atom stereocenters. The van der Waals surface area contributed by atoms with Crippen molar-refractivity contribution in [3.63, 3.8) is 0 Å². The Morgan fingerprint density at radius 2 is 1.85 bits per heavy atom. The number of benzene rings is 3. The van der Waals surface area contributed by atoms with Gasteiger partial charge in [0.1, 0.15) is 5.75 Å². The van der Waals surface area contributed by atoms with Crippen molar-refractivity contribution in [2.75, 3.05) is 4.90 Å². The van der Waals surface area contributed by atoms with Gasteiger partial charge in [-0.25, -0.2) is 9.78 Å². The van der Waals surface area contributed by atoms with Crippen molar-refractivity contribution in [2.45, 2.75) is 26.0 Å². The quantitative estimate of drug-likeness (QED) is 0.407. The number of rotatable bonds is 6. The Balaban J connectivity index is 1.46. The number of ether oxygens (including phenoxy) is 1. The van der Waals surface area contributed by atoms with Crippen LogP contribution in [0.1, 0.15) is 33.4 Å². The molecular weight excluding hydrogens is 448 g/mol. The minimum atomic E-state index is -0.999. The normalized spacial score (nSPS) is 15.0. The number of hydrogen-bond acceptors (Lipinski definition) is 5. The minimum absolute atomic E-state index is 0.173. The van der Waals surface area contributed by atoms with Gasteiger partial charge in [0.15, 0.2) is 6.10 Å². The van der Waals surface area contributed by atoms with Gasteiger partial charge in [0.25, 0.3) is 5.91 Å². The van der Waals surface area contributed by atoms with Gasteiger partial charge in [-0.1, -0.05) is 42.5 Å². The smallest absolute Gasteiger partial charge is 0.335 e. The monoisotopic (exact) mass is 470 g/mol. The third-order valence-electron chi connectivity index (χ3n) is 5.73. The number of fused-ring (bicyclic) bond motifs is 1. The van der Waals surface area contributed by atoms with E-state index in [1.54, 1.807) is 35.3 Å². The van der Waals surface area contributed by atoms with Crippen LogP contribution in [0.5, 0.6) is 5.75 Å². The Labute approximate surface area is 201 Å². The molecule has 0 saturated heterocycles. The van der Waals surface area contributed by atoms with Gasteiger partial charge in [0, 0.05) is 17.4 Å². The van der Waals surface area contributed by atoms with Gasteiger partial charge >= 0.3 is 5.97 Å². The van der Waals surface area contributed by atoms with Crippen LogP contribution in [0.2, 0.25) is 0 Å². The van der Waals surface area contributed by atoms with E-state index in [0.717, 1.165) is 28.2 Å². The highest BCUT2D eigenvalue weighted by Crippen LogP contribution is 2.38. The zero-order chi connectivity index (χ0) is 23.7. The maximum Gasteiger partial charge on any atom is 0.335 e. The molecule has 34 heavy (non-hydrogen) atoms. The zero-order valence-corrected chi connectivity index (χ0v) is 19.3. The summed E-state index contributed by atoms with van der Waals surface area (Å²) < 4.78 is 5.85. The second-order valence-electron chi connectivity index (χ2n) is 8.16. The first-order chi connectivity index (χ1) is 16.5. The average molecular weight is 471 g/mol. The standard InChI is InChI=1S/C27H22N2O4S/c1-17-26(30)29(15-19-8-5-9-21(12-19)27(31)32)23-14-20(10-11-24(23)33-17)22-16-34-25(28-22)13-18-6-3-2-4-7-18/h2-12,14,16-17H,13,15H2,1H3,(H,31,32). The molecule has 2 heterocycles. The number of aromatic carboxylic acids is 1. The van der Waals surface area contributed by atoms with Gasteiger partial charge in [-0.15, -0.1) is 11.3 Å². The van der Waals surface area contributed by atoms with Crippen LogP contribution in [-0.2, 0) is 17.8 Å². The van der Waals surface area contributed by atoms with Crippen LogP contribution < -0.4 is 9.64 Å². The molecule has 0 radical (unpaired) electrons. The molecule has 1 unspecified atom stereocenters. The van der Waals surface area contributed by atoms with Crippen molar-refractivity contribution in [1.29, 1.82) is 0 Å². The largest absolute Gasteiger partial charge is 0.479 e. The fraction of sp³-hybridized carbons (Fsp3) is 0.148. The summed E-state index contributed by atoms with van der Waals surface area (Å²) in [6, 6.07) is 22.6. The fourth-order valence-electron chi connectivity index (χ4n) is 4.01. The van der Waals surface area contributed by atoms with Crippen LogP contribution in [-0.4, -0.2) is 28.1 Å². The van der Waals surface area contributed by atoms with Crippen molar-refractivity contribution >= 4 is 28.9 Å².